The van der Waals surface area contributed by atoms with E-state index in [0.717, 1.165) is 35.5 Å². The van der Waals surface area contributed by atoms with Crippen LogP contribution in [0.25, 0.3) is 11.3 Å². The average molecular weight is 396 g/mol. The molecule has 0 aliphatic carbocycles. The molecule has 0 aliphatic rings. The zero-order valence-corrected chi connectivity index (χ0v) is 14.7. The molecular formula is C17H15F3N4O2S. The standard InChI is InChI=1S/C17H15F3N4O2S/c18-17(19,20)14-1-3-15(4-2-14)27(25,26)22-10-12-24-11-7-16(23-24)13-5-8-21-9-6-13/h1-9,11,22H,10,12H2. The lowest BCUT2D eigenvalue weighted by molar-refractivity contribution is -0.137. The molecule has 0 fully saturated rings. The Hall–Kier alpha value is -2.72. The first-order valence-corrected chi connectivity index (χ1v) is 9.35. The predicted octanol–water partition coefficient (Wildman–Crippen LogP) is 2.94. The monoisotopic (exact) mass is 396 g/mol. The summed E-state index contributed by atoms with van der Waals surface area (Å²) < 4.78 is 65.9. The Bertz CT molecular complexity index is 1000. The van der Waals surface area contributed by atoms with Gasteiger partial charge in [0.25, 0.3) is 0 Å². The minimum Gasteiger partial charge on any atom is -0.271 e. The van der Waals surface area contributed by atoms with E-state index < -0.39 is 21.8 Å². The molecule has 1 N–H and O–H groups in total. The molecule has 27 heavy (non-hydrogen) atoms. The van der Waals surface area contributed by atoms with Crippen LogP contribution in [-0.4, -0.2) is 29.7 Å². The Morgan fingerprint density at radius 3 is 2.30 bits per heavy atom. The van der Waals surface area contributed by atoms with Crippen LogP contribution < -0.4 is 4.72 Å². The highest BCUT2D eigenvalue weighted by atomic mass is 32.2. The Morgan fingerprint density at radius 2 is 1.67 bits per heavy atom. The second kappa shape index (κ2) is 7.49. The largest absolute Gasteiger partial charge is 0.416 e. The van der Waals surface area contributed by atoms with Crippen LogP contribution in [0.1, 0.15) is 5.56 Å². The Kier molecular flexibility index (Phi) is 5.29. The van der Waals surface area contributed by atoms with E-state index in [9.17, 15) is 21.6 Å². The number of benzene rings is 1. The number of alkyl halides is 3. The van der Waals surface area contributed by atoms with Gasteiger partial charge in [-0.1, -0.05) is 0 Å². The fraction of sp³-hybridized carbons (Fsp3) is 0.176. The van der Waals surface area contributed by atoms with Crippen molar-refractivity contribution in [1.29, 1.82) is 0 Å². The molecule has 0 saturated heterocycles. The van der Waals surface area contributed by atoms with Crippen LogP contribution in [0.5, 0.6) is 0 Å². The normalized spacial score (nSPS) is 12.3. The number of hydrogen-bond donors (Lipinski definition) is 1. The number of hydrogen-bond acceptors (Lipinski definition) is 4. The third-order valence-corrected chi connectivity index (χ3v) is 5.22. The Morgan fingerprint density at radius 1 is 1.00 bits per heavy atom. The summed E-state index contributed by atoms with van der Waals surface area (Å²) in [5, 5.41) is 4.34. The van der Waals surface area contributed by atoms with E-state index >= 15 is 0 Å². The van der Waals surface area contributed by atoms with Crippen LogP contribution in [0.3, 0.4) is 0 Å². The molecule has 0 aliphatic heterocycles. The lowest BCUT2D eigenvalue weighted by atomic mass is 10.2. The summed E-state index contributed by atoms with van der Waals surface area (Å²) in [5.41, 5.74) is 0.707. The molecule has 6 nitrogen and oxygen atoms in total. The molecule has 10 heteroatoms. The summed E-state index contributed by atoms with van der Waals surface area (Å²) in [6.45, 7) is 0.311. The van der Waals surface area contributed by atoms with E-state index in [-0.39, 0.29) is 18.0 Å². The highest BCUT2D eigenvalue weighted by molar-refractivity contribution is 7.89. The lowest BCUT2D eigenvalue weighted by Crippen LogP contribution is -2.27. The molecule has 0 unspecified atom stereocenters. The van der Waals surface area contributed by atoms with Gasteiger partial charge in [-0.3, -0.25) is 9.67 Å². The van der Waals surface area contributed by atoms with Crippen molar-refractivity contribution in [2.75, 3.05) is 6.54 Å². The van der Waals surface area contributed by atoms with Gasteiger partial charge in [0.1, 0.15) is 0 Å². The van der Waals surface area contributed by atoms with Gasteiger partial charge in [0.15, 0.2) is 0 Å². The second-order valence-electron chi connectivity index (χ2n) is 5.62. The number of nitrogens with one attached hydrogen (secondary N) is 1. The number of sulfonamides is 1. The predicted molar refractivity (Wildman–Crippen MR) is 92.1 cm³/mol. The van der Waals surface area contributed by atoms with E-state index in [0.29, 0.717) is 0 Å². The molecule has 0 saturated carbocycles. The molecule has 0 spiro atoms. The summed E-state index contributed by atoms with van der Waals surface area (Å²) >= 11 is 0. The molecule has 2 aromatic heterocycles. The fourth-order valence-electron chi connectivity index (χ4n) is 2.36. The highest BCUT2D eigenvalue weighted by Crippen LogP contribution is 2.29. The van der Waals surface area contributed by atoms with Gasteiger partial charge >= 0.3 is 6.18 Å². The van der Waals surface area contributed by atoms with E-state index in [2.05, 4.69) is 14.8 Å². The average Bonchev–Trinajstić information content (AvgIpc) is 3.11. The van der Waals surface area contributed by atoms with E-state index in [4.69, 9.17) is 0 Å². The molecule has 0 bridgehead atoms. The summed E-state index contributed by atoms with van der Waals surface area (Å²) in [4.78, 5) is 3.70. The zero-order chi connectivity index (χ0) is 19.5. The van der Waals surface area contributed by atoms with Gasteiger partial charge in [-0.05, 0) is 42.5 Å². The van der Waals surface area contributed by atoms with Gasteiger partial charge in [0.05, 0.1) is 22.7 Å². The third-order valence-electron chi connectivity index (χ3n) is 3.74. The SMILES string of the molecule is O=S(=O)(NCCn1ccc(-c2ccncc2)n1)c1ccc(C(F)(F)F)cc1. The first-order chi connectivity index (χ1) is 12.8. The van der Waals surface area contributed by atoms with Crippen molar-refractivity contribution in [3.05, 3.63) is 66.6 Å². The van der Waals surface area contributed by atoms with Gasteiger partial charge in [0, 0.05) is 30.7 Å². The van der Waals surface area contributed by atoms with Gasteiger partial charge in [-0.15, -0.1) is 0 Å². The van der Waals surface area contributed by atoms with Crippen molar-refractivity contribution in [3.63, 3.8) is 0 Å². The molecule has 0 amide bonds. The maximum Gasteiger partial charge on any atom is 0.416 e. The molecule has 2 heterocycles. The Balaban J connectivity index is 1.60. The maximum absolute atomic E-state index is 12.6. The van der Waals surface area contributed by atoms with Gasteiger partial charge in [0.2, 0.25) is 10.0 Å². The second-order valence-corrected chi connectivity index (χ2v) is 7.39. The fourth-order valence-corrected chi connectivity index (χ4v) is 3.38. The summed E-state index contributed by atoms with van der Waals surface area (Å²) in [6, 6.07) is 8.74. The summed E-state index contributed by atoms with van der Waals surface area (Å²) in [7, 11) is -3.90. The van der Waals surface area contributed by atoms with Crippen molar-refractivity contribution >= 4 is 10.0 Å². The smallest absolute Gasteiger partial charge is 0.271 e. The van der Waals surface area contributed by atoms with Crippen molar-refractivity contribution in [2.45, 2.75) is 17.6 Å². The van der Waals surface area contributed by atoms with Crippen molar-refractivity contribution in [2.24, 2.45) is 0 Å². The molecule has 0 radical (unpaired) electrons. The van der Waals surface area contributed by atoms with Gasteiger partial charge < -0.3 is 0 Å². The lowest BCUT2D eigenvalue weighted by Gasteiger charge is -2.09. The van der Waals surface area contributed by atoms with Crippen LogP contribution in [-0.2, 0) is 22.7 Å². The molecular weight excluding hydrogens is 381 g/mol. The minimum absolute atomic E-state index is 0.0425. The van der Waals surface area contributed by atoms with Crippen LogP contribution in [0, 0.1) is 0 Å². The van der Waals surface area contributed by atoms with Crippen molar-refractivity contribution in [1.82, 2.24) is 19.5 Å². The topological polar surface area (TPSA) is 76.9 Å². The molecule has 3 rings (SSSR count). The molecule has 0 atom stereocenters. The Labute approximate surface area is 153 Å². The number of nitrogens with zero attached hydrogens (tertiary/aromatic N) is 3. The van der Waals surface area contributed by atoms with Crippen LogP contribution >= 0.6 is 0 Å². The van der Waals surface area contributed by atoms with Crippen LogP contribution in [0.15, 0.2) is 66.0 Å². The van der Waals surface area contributed by atoms with Crippen LogP contribution in [0.4, 0.5) is 13.2 Å². The maximum atomic E-state index is 12.6. The van der Waals surface area contributed by atoms with Crippen molar-refractivity contribution in [3.8, 4) is 11.3 Å². The minimum atomic E-state index is -4.51. The third kappa shape index (κ3) is 4.72. The number of rotatable bonds is 6. The zero-order valence-electron chi connectivity index (χ0n) is 13.9. The number of halogens is 3. The molecule has 3 aromatic rings. The van der Waals surface area contributed by atoms with Crippen LogP contribution in [0.2, 0.25) is 0 Å². The van der Waals surface area contributed by atoms with E-state index in [1.54, 1.807) is 41.5 Å². The van der Waals surface area contributed by atoms with Crippen molar-refractivity contribution < 1.29 is 21.6 Å². The number of aromatic nitrogens is 3. The first-order valence-electron chi connectivity index (χ1n) is 7.86. The molecule has 1 aromatic carbocycles. The van der Waals surface area contributed by atoms with Gasteiger partial charge in [-0.25, -0.2) is 13.1 Å². The number of pyridine rings is 1. The van der Waals surface area contributed by atoms with E-state index in [1.807, 2.05) is 0 Å². The van der Waals surface area contributed by atoms with Gasteiger partial charge in [-0.2, -0.15) is 18.3 Å². The van der Waals surface area contributed by atoms with E-state index in [1.165, 1.54) is 0 Å². The molecule has 142 valence electrons. The summed E-state index contributed by atoms with van der Waals surface area (Å²) in [5.74, 6) is 0. The summed E-state index contributed by atoms with van der Waals surface area (Å²) in [6.07, 6.45) is 0.490. The highest BCUT2D eigenvalue weighted by Gasteiger charge is 2.30. The quantitative estimate of drug-likeness (QED) is 0.695. The first kappa shape index (κ1) is 19.1.